The summed E-state index contributed by atoms with van der Waals surface area (Å²) >= 11 is 1.47. The van der Waals surface area contributed by atoms with Crippen molar-refractivity contribution in [3.05, 3.63) is 36.4 Å². The third kappa shape index (κ3) is 3.36. The molecule has 0 saturated carbocycles. The molecular formula is C18H16N4O4S. The standard InChI is InChI=1S/C18H16N4O4S/c1-23-10-4-6-12(14(8-10)25-3)16-21-22-17(26-16)20-18-19-13-7-5-11(24-2)9-15(13)27-18/h4-9H,1-3H3,(H,19,20,22). The lowest BCUT2D eigenvalue weighted by Gasteiger charge is -2.07. The number of hydrogen-bond acceptors (Lipinski definition) is 9. The molecule has 1 N–H and O–H groups in total. The highest BCUT2D eigenvalue weighted by molar-refractivity contribution is 7.22. The molecule has 2 heterocycles. The second-order valence-corrected chi connectivity index (χ2v) is 6.49. The Bertz CT molecular complexity index is 1090. The molecule has 0 aliphatic heterocycles. The monoisotopic (exact) mass is 384 g/mol. The van der Waals surface area contributed by atoms with Gasteiger partial charge in [-0.15, -0.1) is 5.10 Å². The fraction of sp³-hybridized carbons (Fsp3) is 0.167. The van der Waals surface area contributed by atoms with Crippen LogP contribution in [0.25, 0.3) is 21.7 Å². The SMILES string of the molecule is COc1ccc(-c2nnc(Nc3nc4ccc(OC)cc4s3)o2)c(OC)c1. The number of nitrogens with zero attached hydrogens (tertiary/aromatic N) is 3. The van der Waals surface area contributed by atoms with E-state index in [1.807, 2.05) is 18.2 Å². The lowest BCUT2D eigenvalue weighted by atomic mass is 10.2. The summed E-state index contributed by atoms with van der Waals surface area (Å²) in [6.07, 6.45) is 0. The molecule has 0 spiro atoms. The van der Waals surface area contributed by atoms with Gasteiger partial charge in [0.2, 0.25) is 0 Å². The van der Waals surface area contributed by atoms with Crippen molar-refractivity contribution in [2.24, 2.45) is 0 Å². The number of methoxy groups -OCH3 is 3. The molecule has 0 saturated heterocycles. The summed E-state index contributed by atoms with van der Waals surface area (Å²) in [7, 11) is 4.80. The van der Waals surface area contributed by atoms with Gasteiger partial charge in [-0.1, -0.05) is 16.4 Å². The van der Waals surface area contributed by atoms with Crippen molar-refractivity contribution in [1.82, 2.24) is 15.2 Å². The number of ether oxygens (including phenoxy) is 3. The maximum atomic E-state index is 5.72. The van der Waals surface area contributed by atoms with Gasteiger partial charge in [0.15, 0.2) is 5.13 Å². The summed E-state index contributed by atoms with van der Waals surface area (Å²) in [6, 6.07) is 11.3. The van der Waals surface area contributed by atoms with Crippen LogP contribution >= 0.6 is 11.3 Å². The summed E-state index contributed by atoms with van der Waals surface area (Å²) in [4.78, 5) is 4.50. The van der Waals surface area contributed by atoms with E-state index in [-0.39, 0.29) is 6.01 Å². The average Bonchev–Trinajstić information content (AvgIpc) is 3.33. The predicted molar refractivity (Wildman–Crippen MR) is 102 cm³/mol. The molecule has 27 heavy (non-hydrogen) atoms. The minimum absolute atomic E-state index is 0.244. The second-order valence-electron chi connectivity index (χ2n) is 5.46. The zero-order chi connectivity index (χ0) is 18.8. The highest BCUT2D eigenvalue weighted by Gasteiger charge is 2.15. The van der Waals surface area contributed by atoms with Gasteiger partial charge in [0.05, 0.1) is 37.1 Å². The Hall–Kier alpha value is -3.33. The van der Waals surface area contributed by atoms with Gasteiger partial charge in [-0.2, -0.15) is 0 Å². The minimum Gasteiger partial charge on any atom is -0.497 e. The van der Waals surface area contributed by atoms with Crippen LogP contribution in [0.5, 0.6) is 17.2 Å². The third-order valence-electron chi connectivity index (χ3n) is 3.87. The van der Waals surface area contributed by atoms with Crippen LogP contribution in [0.2, 0.25) is 0 Å². The largest absolute Gasteiger partial charge is 0.497 e. The first-order valence-corrected chi connectivity index (χ1v) is 8.79. The Morgan fingerprint density at radius 1 is 0.926 bits per heavy atom. The number of benzene rings is 2. The van der Waals surface area contributed by atoms with Crippen LogP contribution in [0.15, 0.2) is 40.8 Å². The van der Waals surface area contributed by atoms with Crippen molar-refractivity contribution in [3.63, 3.8) is 0 Å². The molecule has 0 atom stereocenters. The number of fused-ring (bicyclic) bond motifs is 1. The fourth-order valence-corrected chi connectivity index (χ4v) is 3.42. The quantitative estimate of drug-likeness (QED) is 0.531. The van der Waals surface area contributed by atoms with Gasteiger partial charge in [0.1, 0.15) is 17.2 Å². The number of rotatable bonds is 6. The first kappa shape index (κ1) is 17.1. The van der Waals surface area contributed by atoms with Crippen molar-refractivity contribution < 1.29 is 18.6 Å². The summed E-state index contributed by atoms with van der Waals surface area (Å²) in [5.41, 5.74) is 1.53. The Morgan fingerprint density at radius 3 is 2.48 bits per heavy atom. The number of anilines is 2. The molecule has 0 radical (unpaired) electrons. The van der Waals surface area contributed by atoms with Gasteiger partial charge >= 0.3 is 6.01 Å². The zero-order valence-electron chi connectivity index (χ0n) is 14.8. The van der Waals surface area contributed by atoms with E-state index in [0.717, 1.165) is 16.0 Å². The second kappa shape index (κ2) is 7.12. The molecule has 0 bridgehead atoms. The van der Waals surface area contributed by atoms with Crippen LogP contribution in [0.3, 0.4) is 0 Å². The van der Waals surface area contributed by atoms with Crippen molar-refractivity contribution >= 4 is 32.7 Å². The van der Waals surface area contributed by atoms with Crippen LogP contribution in [0, 0.1) is 0 Å². The molecule has 9 heteroatoms. The molecule has 0 aliphatic carbocycles. The van der Waals surface area contributed by atoms with E-state index in [2.05, 4.69) is 20.5 Å². The van der Waals surface area contributed by atoms with Gasteiger partial charge in [0, 0.05) is 6.07 Å². The summed E-state index contributed by atoms with van der Waals surface area (Å²) < 4.78 is 22.5. The predicted octanol–water partition coefficient (Wildman–Crippen LogP) is 4.12. The average molecular weight is 384 g/mol. The van der Waals surface area contributed by atoms with E-state index in [1.165, 1.54) is 11.3 Å². The molecule has 4 aromatic rings. The third-order valence-corrected chi connectivity index (χ3v) is 4.81. The van der Waals surface area contributed by atoms with Crippen LogP contribution in [0.4, 0.5) is 11.1 Å². The van der Waals surface area contributed by atoms with Gasteiger partial charge in [-0.05, 0) is 30.3 Å². The maximum absolute atomic E-state index is 5.72. The number of aromatic nitrogens is 3. The Kier molecular flexibility index (Phi) is 4.51. The van der Waals surface area contributed by atoms with E-state index < -0.39 is 0 Å². The Labute approximate surface area is 158 Å². The van der Waals surface area contributed by atoms with Crippen molar-refractivity contribution in [2.45, 2.75) is 0 Å². The van der Waals surface area contributed by atoms with Gasteiger partial charge < -0.3 is 18.6 Å². The van der Waals surface area contributed by atoms with Crippen LogP contribution in [-0.4, -0.2) is 36.5 Å². The molecule has 138 valence electrons. The van der Waals surface area contributed by atoms with E-state index in [4.69, 9.17) is 18.6 Å². The fourth-order valence-electron chi connectivity index (χ4n) is 2.53. The molecular weight excluding hydrogens is 368 g/mol. The number of thiazole rings is 1. The van der Waals surface area contributed by atoms with Gasteiger partial charge in [-0.25, -0.2) is 4.98 Å². The van der Waals surface area contributed by atoms with Crippen LogP contribution in [0.1, 0.15) is 0 Å². The molecule has 2 aromatic carbocycles. The summed E-state index contributed by atoms with van der Waals surface area (Å²) in [5.74, 6) is 2.37. The van der Waals surface area contributed by atoms with Crippen molar-refractivity contribution in [3.8, 4) is 28.7 Å². The van der Waals surface area contributed by atoms with E-state index in [9.17, 15) is 0 Å². The minimum atomic E-state index is 0.244. The van der Waals surface area contributed by atoms with Gasteiger partial charge in [-0.3, -0.25) is 5.32 Å². The first-order valence-electron chi connectivity index (χ1n) is 7.97. The van der Waals surface area contributed by atoms with E-state index in [1.54, 1.807) is 39.5 Å². The number of hydrogen-bond donors (Lipinski definition) is 1. The smallest absolute Gasteiger partial charge is 0.322 e. The molecule has 0 amide bonds. The Morgan fingerprint density at radius 2 is 1.70 bits per heavy atom. The van der Waals surface area contributed by atoms with Gasteiger partial charge in [0.25, 0.3) is 5.89 Å². The molecule has 4 rings (SSSR count). The molecule has 2 aromatic heterocycles. The summed E-state index contributed by atoms with van der Waals surface area (Å²) in [6.45, 7) is 0. The first-order chi connectivity index (χ1) is 13.2. The van der Waals surface area contributed by atoms with E-state index in [0.29, 0.717) is 28.1 Å². The lowest BCUT2D eigenvalue weighted by molar-refractivity contribution is 0.394. The normalized spacial score (nSPS) is 10.8. The molecule has 0 fully saturated rings. The van der Waals surface area contributed by atoms with Crippen molar-refractivity contribution in [2.75, 3.05) is 26.6 Å². The van der Waals surface area contributed by atoms with Crippen LogP contribution in [-0.2, 0) is 0 Å². The highest BCUT2D eigenvalue weighted by Crippen LogP contribution is 2.34. The topological polar surface area (TPSA) is 91.5 Å². The van der Waals surface area contributed by atoms with Crippen LogP contribution < -0.4 is 19.5 Å². The summed E-state index contributed by atoms with van der Waals surface area (Å²) in [5, 5.41) is 11.8. The maximum Gasteiger partial charge on any atom is 0.322 e. The van der Waals surface area contributed by atoms with E-state index >= 15 is 0 Å². The molecule has 0 unspecified atom stereocenters. The number of nitrogens with one attached hydrogen (secondary N) is 1. The van der Waals surface area contributed by atoms with Crippen molar-refractivity contribution in [1.29, 1.82) is 0 Å². The lowest BCUT2D eigenvalue weighted by Crippen LogP contribution is -1.90. The molecule has 0 aliphatic rings. The zero-order valence-corrected chi connectivity index (χ0v) is 15.7. The molecule has 8 nitrogen and oxygen atoms in total. The Balaban J connectivity index is 1.60. The highest BCUT2D eigenvalue weighted by atomic mass is 32.1.